The molecule has 1 rings (SSSR count). The summed E-state index contributed by atoms with van der Waals surface area (Å²) in [5.74, 6) is 0.266. The Balaban J connectivity index is 2.70. The molecule has 0 aliphatic rings. The normalized spacial score (nSPS) is 10.2. The van der Waals surface area contributed by atoms with Gasteiger partial charge < -0.3 is 0 Å². The minimum atomic E-state index is 0.266. The third-order valence-electron chi connectivity index (χ3n) is 1.75. The van der Waals surface area contributed by atoms with E-state index in [1.54, 1.807) is 11.3 Å². The number of hydrogen-bond acceptors (Lipinski definition) is 2. The molecule has 0 unspecified atom stereocenters. The molecule has 0 radical (unpaired) electrons. The monoisotopic (exact) mass is 182 g/mol. The van der Waals surface area contributed by atoms with Crippen LogP contribution >= 0.6 is 11.3 Å². The van der Waals surface area contributed by atoms with Crippen LogP contribution in [0.15, 0.2) is 12.1 Å². The molecular weight excluding hydrogens is 168 g/mol. The standard InChI is InChI=1S/C10H14OS/c1-3-5-8-6-7-10(12-8)9(11)4-2/h6-7H,3-5H2,1-2H3. The first kappa shape index (κ1) is 9.46. The van der Waals surface area contributed by atoms with Crippen molar-refractivity contribution in [1.29, 1.82) is 0 Å². The molecule has 0 aromatic carbocycles. The maximum atomic E-state index is 11.2. The summed E-state index contributed by atoms with van der Waals surface area (Å²) in [7, 11) is 0. The molecule has 1 aromatic heterocycles. The molecule has 0 N–H and O–H groups in total. The van der Waals surface area contributed by atoms with Gasteiger partial charge in [-0.3, -0.25) is 4.79 Å². The number of carbonyl (C=O) groups excluding carboxylic acids is 1. The van der Waals surface area contributed by atoms with Crippen LogP contribution in [0.25, 0.3) is 0 Å². The van der Waals surface area contributed by atoms with Gasteiger partial charge >= 0.3 is 0 Å². The Hall–Kier alpha value is -0.630. The van der Waals surface area contributed by atoms with Crippen molar-refractivity contribution in [3.8, 4) is 0 Å². The van der Waals surface area contributed by atoms with Gasteiger partial charge in [0, 0.05) is 11.3 Å². The highest BCUT2D eigenvalue weighted by Gasteiger charge is 2.05. The number of Topliss-reactive ketones (excluding diaryl/α,β-unsaturated/α-hetero) is 1. The van der Waals surface area contributed by atoms with Crippen LogP contribution in [0, 0.1) is 0 Å². The van der Waals surface area contributed by atoms with Crippen molar-refractivity contribution in [2.24, 2.45) is 0 Å². The maximum absolute atomic E-state index is 11.2. The molecule has 0 saturated carbocycles. The number of rotatable bonds is 4. The SMILES string of the molecule is CCCc1ccc(C(=O)CC)s1. The fraction of sp³-hybridized carbons (Fsp3) is 0.500. The van der Waals surface area contributed by atoms with Crippen molar-refractivity contribution in [1.82, 2.24) is 0 Å². The molecule has 0 aliphatic carbocycles. The molecular formula is C10H14OS. The lowest BCUT2D eigenvalue weighted by Gasteiger charge is -1.90. The molecule has 0 bridgehead atoms. The van der Waals surface area contributed by atoms with Crippen LogP contribution in [0.3, 0.4) is 0 Å². The average molecular weight is 182 g/mol. The van der Waals surface area contributed by atoms with Crippen molar-refractivity contribution < 1.29 is 4.79 Å². The third-order valence-corrected chi connectivity index (χ3v) is 2.94. The van der Waals surface area contributed by atoms with E-state index in [2.05, 4.69) is 13.0 Å². The third kappa shape index (κ3) is 2.18. The summed E-state index contributed by atoms with van der Waals surface area (Å²) in [4.78, 5) is 13.5. The first-order chi connectivity index (χ1) is 5.77. The summed E-state index contributed by atoms with van der Waals surface area (Å²) in [5.41, 5.74) is 0. The summed E-state index contributed by atoms with van der Waals surface area (Å²) in [5, 5.41) is 0. The Morgan fingerprint density at radius 1 is 1.42 bits per heavy atom. The van der Waals surface area contributed by atoms with E-state index in [4.69, 9.17) is 0 Å². The second kappa shape index (κ2) is 4.41. The Morgan fingerprint density at radius 3 is 2.75 bits per heavy atom. The fourth-order valence-corrected chi connectivity index (χ4v) is 2.20. The van der Waals surface area contributed by atoms with Crippen molar-refractivity contribution in [3.05, 3.63) is 21.9 Å². The van der Waals surface area contributed by atoms with Crippen molar-refractivity contribution >= 4 is 17.1 Å². The smallest absolute Gasteiger partial charge is 0.172 e. The molecule has 66 valence electrons. The molecule has 1 aromatic rings. The second-order valence-corrected chi connectivity index (χ2v) is 3.96. The van der Waals surface area contributed by atoms with E-state index in [-0.39, 0.29) is 5.78 Å². The highest BCUT2D eigenvalue weighted by Crippen LogP contribution is 2.19. The van der Waals surface area contributed by atoms with Crippen LogP contribution in [0.1, 0.15) is 41.2 Å². The fourth-order valence-electron chi connectivity index (χ4n) is 1.08. The van der Waals surface area contributed by atoms with Gasteiger partial charge in [-0.1, -0.05) is 20.3 Å². The van der Waals surface area contributed by atoms with Gasteiger partial charge in [-0.05, 0) is 18.6 Å². The first-order valence-corrected chi connectivity index (χ1v) is 5.21. The van der Waals surface area contributed by atoms with Crippen LogP contribution in [-0.4, -0.2) is 5.78 Å². The largest absolute Gasteiger partial charge is 0.293 e. The zero-order chi connectivity index (χ0) is 8.97. The Morgan fingerprint density at radius 2 is 2.17 bits per heavy atom. The number of carbonyl (C=O) groups is 1. The molecule has 0 aliphatic heterocycles. The van der Waals surface area contributed by atoms with Gasteiger partial charge in [0.05, 0.1) is 4.88 Å². The number of ketones is 1. The molecule has 2 heteroatoms. The molecule has 0 atom stereocenters. The van der Waals surface area contributed by atoms with E-state index >= 15 is 0 Å². The van der Waals surface area contributed by atoms with E-state index < -0.39 is 0 Å². The highest BCUT2D eigenvalue weighted by atomic mass is 32.1. The van der Waals surface area contributed by atoms with Gasteiger partial charge in [0.25, 0.3) is 0 Å². The summed E-state index contributed by atoms with van der Waals surface area (Å²) in [6.45, 7) is 4.06. The van der Waals surface area contributed by atoms with Crippen LogP contribution in [-0.2, 0) is 6.42 Å². The molecule has 1 nitrogen and oxygen atoms in total. The molecule has 0 saturated heterocycles. The topological polar surface area (TPSA) is 17.1 Å². The molecule has 0 fully saturated rings. The maximum Gasteiger partial charge on any atom is 0.172 e. The number of hydrogen-bond donors (Lipinski definition) is 0. The Labute approximate surface area is 77.4 Å². The molecule has 0 spiro atoms. The minimum absolute atomic E-state index is 0.266. The summed E-state index contributed by atoms with van der Waals surface area (Å²) >= 11 is 1.64. The number of aryl methyl sites for hydroxylation is 1. The predicted octanol–water partition coefficient (Wildman–Crippen LogP) is 3.29. The van der Waals surface area contributed by atoms with Gasteiger partial charge in [-0.25, -0.2) is 0 Å². The van der Waals surface area contributed by atoms with E-state index in [9.17, 15) is 4.79 Å². The lowest BCUT2D eigenvalue weighted by atomic mass is 10.2. The molecule has 0 amide bonds. The predicted molar refractivity (Wildman–Crippen MR) is 52.9 cm³/mol. The van der Waals surface area contributed by atoms with Crippen LogP contribution in [0.4, 0.5) is 0 Å². The van der Waals surface area contributed by atoms with Crippen LogP contribution in [0.5, 0.6) is 0 Å². The van der Waals surface area contributed by atoms with Crippen molar-refractivity contribution in [3.63, 3.8) is 0 Å². The van der Waals surface area contributed by atoms with Gasteiger partial charge in [-0.2, -0.15) is 0 Å². The highest BCUT2D eigenvalue weighted by molar-refractivity contribution is 7.14. The van der Waals surface area contributed by atoms with Crippen molar-refractivity contribution in [2.45, 2.75) is 33.1 Å². The lowest BCUT2D eigenvalue weighted by Crippen LogP contribution is -1.90. The Bertz CT molecular complexity index is 263. The van der Waals surface area contributed by atoms with Gasteiger partial charge in [0.1, 0.15) is 0 Å². The summed E-state index contributed by atoms with van der Waals surface area (Å²) in [6, 6.07) is 4.01. The summed E-state index contributed by atoms with van der Waals surface area (Å²) in [6.07, 6.45) is 2.87. The van der Waals surface area contributed by atoms with E-state index in [1.807, 2.05) is 13.0 Å². The van der Waals surface area contributed by atoms with E-state index in [0.717, 1.165) is 17.7 Å². The quantitative estimate of drug-likeness (QED) is 0.653. The van der Waals surface area contributed by atoms with Gasteiger partial charge in [0.15, 0.2) is 5.78 Å². The zero-order valence-corrected chi connectivity index (χ0v) is 8.41. The summed E-state index contributed by atoms with van der Waals surface area (Å²) < 4.78 is 0. The lowest BCUT2D eigenvalue weighted by molar-refractivity contribution is 0.0992. The number of thiophene rings is 1. The molecule has 12 heavy (non-hydrogen) atoms. The molecule has 1 heterocycles. The van der Waals surface area contributed by atoms with Crippen LogP contribution in [0.2, 0.25) is 0 Å². The second-order valence-electron chi connectivity index (χ2n) is 2.79. The van der Waals surface area contributed by atoms with E-state index in [1.165, 1.54) is 4.88 Å². The average Bonchev–Trinajstić information content (AvgIpc) is 2.52. The van der Waals surface area contributed by atoms with Gasteiger partial charge in [0.2, 0.25) is 0 Å². The Kier molecular flexibility index (Phi) is 3.48. The first-order valence-electron chi connectivity index (χ1n) is 4.39. The van der Waals surface area contributed by atoms with Crippen molar-refractivity contribution in [2.75, 3.05) is 0 Å². The van der Waals surface area contributed by atoms with Crippen LogP contribution < -0.4 is 0 Å². The minimum Gasteiger partial charge on any atom is -0.293 e. The zero-order valence-electron chi connectivity index (χ0n) is 7.59. The van der Waals surface area contributed by atoms with Gasteiger partial charge in [-0.15, -0.1) is 11.3 Å². The van der Waals surface area contributed by atoms with E-state index in [0.29, 0.717) is 6.42 Å².